The molecule has 0 bridgehead atoms. The van der Waals surface area contributed by atoms with E-state index >= 15 is 0 Å². The van der Waals surface area contributed by atoms with E-state index in [1.807, 2.05) is 0 Å². The first-order chi connectivity index (χ1) is 6.59. The molecule has 0 radical (unpaired) electrons. The Morgan fingerprint density at radius 2 is 2.00 bits per heavy atom. The van der Waals surface area contributed by atoms with Crippen LogP contribution in [0.1, 0.15) is 0 Å². The summed E-state index contributed by atoms with van der Waals surface area (Å²) in [5.41, 5.74) is -0.0391. The summed E-state index contributed by atoms with van der Waals surface area (Å²) in [7, 11) is 0. The first-order valence-corrected chi connectivity index (χ1v) is 5.24. The summed E-state index contributed by atoms with van der Waals surface area (Å²) < 4.78 is 0.780. The Morgan fingerprint density at radius 3 is 2.64 bits per heavy atom. The average molecular weight is 248 g/mol. The van der Waals surface area contributed by atoms with E-state index < -0.39 is 4.92 Å². The van der Waals surface area contributed by atoms with Crippen molar-refractivity contribution in [3.8, 4) is 0 Å². The molecule has 0 spiro atoms. The van der Waals surface area contributed by atoms with Crippen molar-refractivity contribution in [3.63, 3.8) is 0 Å². The van der Waals surface area contributed by atoms with Gasteiger partial charge in [-0.15, -0.1) is 11.3 Å². The summed E-state index contributed by atoms with van der Waals surface area (Å²) in [4.78, 5) is 10.1. The van der Waals surface area contributed by atoms with Gasteiger partial charge < -0.3 is 0 Å². The standard InChI is InChI=1S/C8H3Cl2NO2S/c9-6-2-4(11(12)13)1-5-7(10)3-14-8(5)6/h1-3H. The van der Waals surface area contributed by atoms with Crippen molar-refractivity contribution < 1.29 is 4.92 Å². The van der Waals surface area contributed by atoms with Crippen LogP contribution in [0.15, 0.2) is 17.5 Å². The lowest BCUT2D eigenvalue weighted by Crippen LogP contribution is -1.86. The molecule has 1 heterocycles. The molecule has 0 fully saturated rings. The van der Waals surface area contributed by atoms with E-state index in [0.717, 1.165) is 4.70 Å². The van der Waals surface area contributed by atoms with Gasteiger partial charge in [0.1, 0.15) is 0 Å². The molecule has 0 amide bonds. The summed E-state index contributed by atoms with van der Waals surface area (Å²) in [5.74, 6) is 0. The Bertz CT molecular complexity index is 523. The molecule has 0 saturated heterocycles. The van der Waals surface area contributed by atoms with E-state index in [4.69, 9.17) is 23.2 Å². The molecular formula is C8H3Cl2NO2S. The molecule has 2 aromatic rings. The number of thiophene rings is 1. The predicted octanol–water partition coefficient (Wildman–Crippen LogP) is 4.12. The highest BCUT2D eigenvalue weighted by molar-refractivity contribution is 7.18. The van der Waals surface area contributed by atoms with Gasteiger partial charge in [-0.2, -0.15) is 0 Å². The normalized spacial score (nSPS) is 10.7. The molecule has 0 unspecified atom stereocenters. The van der Waals surface area contributed by atoms with E-state index in [9.17, 15) is 10.1 Å². The fraction of sp³-hybridized carbons (Fsp3) is 0. The fourth-order valence-corrected chi connectivity index (χ4v) is 2.66. The first-order valence-electron chi connectivity index (χ1n) is 3.60. The number of non-ortho nitro benzene ring substituents is 1. The molecule has 1 aromatic heterocycles. The van der Waals surface area contributed by atoms with E-state index in [1.165, 1.54) is 23.5 Å². The summed E-state index contributed by atoms with van der Waals surface area (Å²) in [6, 6.07) is 2.76. The molecular weight excluding hydrogens is 245 g/mol. The van der Waals surface area contributed by atoms with Gasteiger partial charge in [0.2, 0.25) is 0 Å². The molecule has 3 nitrogen and oxygen atoms in total. The molecule has 0 saturated carbocycles. The molecule has 6 heteroatoms. The molecule has 0 aliphatic heterocycles. The largest absolute Gasteiger partial charge is 0.271 e. The molecule has 0 aliphatic carbocycles. The summed E-state index contributed by atoms with van der Waals surface area (Å²) in [6.45, 7) is 0. The quantitative estimate of drug-likeness (QED) is 0.562. The van der Waals surface area contributed by atoms with Gasteiger partial charge in [0.15, 0.2) is 0 Å². The minimum absolute atomic E-state index is 0.0391. The molecule has 72 valence electrons. The van der Waals surface area contributed by atoms with E-state index in [-0.39, 0.29) is 5.69 Å². The van der Waals surface area contributed by atoms with Crippen LogP contribution in [0.3, 0.4) is 0 Å². The lowest BCUT2D eigenvalue weighted by molar-refractivity contribution is -0.384. The van der Waals surface area contributed by atoms with E-state index in [0.29, 0.717) is 15.4 Å². The molecule has 2 rings (SSSR count). The van der Waals surface area contributed by atoms with Crippen molar-refractivity contribution in [2.24, 2.45) is 0 Å². The van der Waals surface area contributed by atoms with Gasteiger partial charge in [0, 0.05) is 22.9 Å². The Labute approximate surface area is 93.0 Å². The van der Waals surface area contributed by atoms with Crippen molar-refractivity contribution in [3.05, 3.63) is 37.7 Å². The number of halogens is 2. The number of nitro groups is 1. The van der Waals surface area contributed by atoms with E-state index in [2.05, 4.69) is 0 Å². The summed E-state index contributed by atoms with van der Waals surface area (Å²) in [6.07, 6.45) is 0. The van der Waals surface area contributed by atoms with Gasteiger partial charge in [-0.3, -0.25) is 10.1 Å². The lowest BCUT2D eigenvalue weighted by atomic mass is 10.2. The lowest BCUT2D eigenvalue weighted by Gasteiger charge is -1.95. The van der Waals surface area contributed by atoms with Crippen molar-refractivity contribution in [2.45, 2.75) is 0 Å². The van der Waals surface area contributed by atoms with Crippen LogP contribution in [0.4, 0.5) is 5.69 Å². The number of nitrogens with zero attached hydrogens (tertiary/aromatic N) is 1. The number of rotatable bonds is 1. The predicted molar refractivity (Wildman–Crippen MR) is 58.5 cm³/mol. The van der Waals surface area contributed by atoms with Crippen LogP contribution in [0.5, 0.6) is 0 Å². The van der Waals surface area contributed by atoms with Crippen LogP contribution in [-0.2, 0) is 0 Å². The molecule has 0 atom stereocenters. The van der Waals surface area contributed by atoms with Gasteiger partial charge in [-0.05, 0) is 0 Å². The molecule has 0 aliphatic rings. The van der Waals surface area contributed by atoms with Crippen molar-refractivity contribution in [2.75, 3.05) is 0 Å². The maximum atomic E-state index is 10.5. The zero-order valence-corrected chi connectivity index (χ0v) is 8.99. The maximum absolute atomic E-state index is 10.5. The number of hydrogen-bond acceptors (Lipinski definition) is 3. The van der Waals surface area contributed by atoms with Gasteiger partial charge in [-0.1, -0.05) is 23.2 Å². The Hall–Kier alpha value is -0.840. The summed E-state index contributed by atoms with van der Waals surface area (Å²) in [5, 5.41) is 13.7. The van der Waals surface area contributed by atoms with Gasteiger partial charge in [-0.25, -0.2) is 0 Å². The second-order valence-corrected chi connectivity index (χ2v) is 4.34. The Morgan fingerprint density at radius 1 is 1.29 bits per heavy atom. The topological polar surface area (TPSA) is 43.1 Å². The maximum Gasteiger partial charge on any atom is 0.271 e. The Balaban J connectivity index is 2.82. The van der Waals surface area contributed by atoms with Crippen molar-refractivity contribution in [1.29, 1.82) is 0 Å². The molecule has 1 aromatic carbocycles. The van der Waals surface area contributed by atoms with Gasteiger partial charge in [0.25, 0.3) is 5.69 Å². The van der Waals surface area contributed by atoms with Gasteiger partial charge in [0.05, 0.1) is 19.7 Å². The first kappa shape index (κ1) is 9.71. The minimum atomic E-state index is -0.487. The third-order valence-electron chi connectivity index (χ3n) is 1.78. The highest BCUT2D eigenvalue weighted by Crippen LogP contribution is 2.37. The van der Waals surface area contributed by atoms with Crippen LogP contribution < -0.4 is 0 Å². The third kappa shape index (κ3) is 1.45. The van der Waals surface area contributed by atoms with Crippen LogP contribution in [0.25, 0.3) is 10.1 Å². The second kappa shape index (κ2) is 3.38. The van der Waals surface area contributed by atoms with Crippen LogP contribution in [0.2, 0.25) is 10.0 Å². The minimum Gasteiger partial charge on any atom is -0.258 e. The number of nitro benzene ring substituents is 1. The summed E-state index contributed by atoms with van der Waals surface area (Å²) >= 11 is 13.1. The Kier molecular flexibility index (Phi) is 2.34. The molecule has 0 N–H and O–H groups in total. The highest BCUT2D eigenvalue weighted by Gasteiger charge is 2.13. The highest BCUT2D eigenvalue weighted by atomic mass is 35.5. The number of hydrogen-bond donors (Lipinski definition) is 0. The smallest absolute Gasteiger partial charge is 0.258 e. The zero-order chi connectivity index (χ0) is 10.3. The van der Waals surface area contributed by atoms with Crippen LogP contribution in [0, 0.1) is 10.1 Å². The monoisotopic (exact) mass is 247 g/mol. The number of benzene rings is 1. The second-order valence-electron chi connectivity index (χ2n) is 2.65. The third-order valence-corrected chi connectivity index (χ3v) is 3.66. The fourth-order valence-electron chi connectivity index (χ4n) is 1.16. The molecule has 14 heavy (non-hydrogen) atoms. The number of fused-ring (bicyclic) bond motifs is 1. The average Bonchev–Trinajstić information content (AvgIpc) is 2.48. The SMILES string of the molecule is O=[N+]([O-])c1cc(Cl)c2scc(Cl)c2c1. The van der Waals surface area contributed by atoms with Crippen LogP contribution in [-0.4, -0.2) is 4.92 Å². The van der Waals surface area contributed by atoms with Crippen molar-refractivity contribution >= 4 is 50.3 Å². The zero-order valence-electron chi connectivity index (χ0n) is 6.66. The van der Waals surface area contributed by atoms with Crippen molar-refractivity contribution in [1.82, 2.24) is 0 Å². The van der Waals surface area contributed by atoms with E-state index in [1.54, 1.807) is 5.38 Å². The van der Waals surface area contributed by atoms with Gasteiger partial charge >= 0.3 is 0 Å². The van der Waals surface area contributed by atoms with Crippen LogP contribution >= 0.6 is 34.5 Å².